The summed E-state index contributed by atoms with van der Waals surface area (Å²) in [6.07, 6.45) is -4.18. The molecule has 5 rings (SSSR count). The van der Waals surface area contributed by atoms with Gasteiger partial charge in [0.05, 0.1) is 22.0 Å². The van der Waals surface area contributed by atoms with Crippen molar-refractivity contribution in [3.05, 3.63) is 75.2 Å². The lowest BCUT2D eigenvalue weighted by Crippen LogP contribution is -2.47. The van der Waals surface area contributed by atoms with E-state index >= 15 is 0 Å². The van der Waals surface area contributed by atoms with E-state index in [9.17, 15) is 22.8 Å². The molecule has 1 amide bonds. The van der Waals surface area contributed by atoms with E-state index in [4.69, 9.17) is 16.3 Å². The average Bonchev–Trinajstić information content (AvgIpc) is 3.35. The van der Waals surface area contributed by atoms with Gasteiger partial charge >= 0.3 is 12.2 Å². The lowest BCUT2D eigenvalue weighted by molar-refractivity contribution is -0.137. The summed E-state index contributed by atoms with van der Waals surface area (Å²) >= 11 is 6.05. The van der Waals surface area contributed by atoms with E-state index in [1.165, 1.54) is 0 Å². The van der Waals surface area contributed by atoms with Gasteiger partial charge in [-0.3, -0.25) is 9.59 Å². The zero-order valence-electron chi connectivity index (χ0n) is 21.3. The van der Waals surface area contributed by atoms with Crippen molar-refractivity contribution >= 4 is 34.7 Å². The van der Waals surface area contributed by atoms with Crippen LogP contribution in [0.3, 0.4) is 0 Å². The van der Waals surface area contributed by atoms with Crippen LogP contribution in [0.1, 0.15) is 18.2 Å². The maximum absolute atomic E-state index is 13.7. The summed E-state index contributed by atoms with van der Waals surface area (Å²) < 4.78 is 47.5. The number of hydrogen-bond acceptors (Lipinski definition) is 7. The first-order chi connectivity index (χ1) is 19.2. The second-order valence-corrected chi connectivity index (χ2v) is 9.45. The topological polar surface area (TPSA) is 106 Å². The summed E-state index contributed by atoms with van der Waals surface area (Å²) in [5.74, 6) is -0.0350. The van der Waals surface area contributed by atoms with E-state index in [0.717, 1.165) is 22.7 Å². The molecule has 2 N–H and O–H groups in total. The van der Waals surface area contributed by atoms with Crippen LogP contribution < -0.4 is 25.8 Å². The number of anilines is 2. The van der Waals surface area contributed by atoms with Gasteiger partial charge in [-0.15, -0.1) is 5.10 Å². The molecule has 3 heterocycles. The van der Waals surface area contributed by atoms with Crippen molar-refractivity contribution in [2.75, 3.05) is 36.4 Å². The van der Waals surface area contributed by atoms with Gasteiger partial charge in [0.25, 0.3) is 5.56 Å². The largest absolute Gasteiger partial charge is 0.423 e. The van der Waals surface area contributed by atoms with Crippen molar-refractivity contribution in [1.82, 2.24) is 24.5 Å². The molecule has 0 saturated carbocycles. The molecule has 0 aliphatic carbocycles. The highest BCUT2D eigenvalue weighted by Gasteiger charge is 2.31. The lowest BCUT2D eigenvalue weighted by Gasteiger charge is -2.31. The third kappa shape index (κ3) is 5.61. The third-order valence-corrected chi connectivity index (χ3v) is 6.71. The van der Waals surface area contributed by atoms with Crippen LogP contribution in [0.2, 0.25) is 5.02 Å². The summed E-state index contributed by atoms with van der Waals surface area (Å²) in [4.78, 5) is 33.2. The predicted molar refractivity (Wildman–Crippen MR) is 143 cm³/mol. The number of ether oxygens (including phenoxy) is 1. The van der Waals surface area contributed by atoms with Crippen molar-refractivity contribution in [2.24, 2.45) is 0 Å². The number of benzene rings is 2. The number of rotatable bonds is 7. The van der Waals surface area contributed by atoms with Gasteiger partial charge in [0.15, 0.2) is 0 Å². The van der Waals surface area contributed by atoms with Gasteiger partial charge in [0.1, 0.15) is 18.0 Å². The molecule has 14 heteroatoms. The molecule has 2 aromatic carbocycles. The summed E-state index contributed by atoms with van der Waals surface area (Å²) in [5.41, 5.74) is -0.348. The molecule has 4 aromatic rings. The van der Waals surface area contributed by atoms with E-state index in [-0.39, 0.29) is 29.0 Å². The Hall–Kier alpha value is -4.10. The highest BCUT2D eigenvalue weighted by molar-refractivity contribution is 6.33. The van der Waals surface area contributed by atoms with Crippen LogP contribution in [0.25, 0.3) is 5.78 Å². The van der Waals surface area contributed by atoms with E-state index in [1.807, 2.05) is 17.9 Å². The van der Waals surface area contributed by atoms with E-state index in [2.05, 4.69) is 20.7 Å². The van der Waals surface area contributed by atoms with E-state index < -0.39 is 23.2 Å². The molecule has 210 valence electrons. The number of nitrogens with one attached hydrogen (secondary N) is 2. The summed E-state index contributed by atoms with van der Waals surface area (Å²) in [7, 11) is 0. The molecular weight excluding hydrogens is 551 g/mol. The normalized spacial score (nSPS) is 14.0. The first kappa shape index (κ1) is 27.5. The molecule has 1 saturated heterocycles. The number of carbonyl (C=O) groups is 1. The van der Waals surface area contributed by atoms with Crippen molar-refractivity contribution in [3.63, 3.8) is 0 Å². The Morgan fingerprint density at radius 3 is 2.52 bits per heavy atom. The number of nitrogens with zero attached hydrogens (tertiary/aromatic N) is 5. The van der Waals surface area contributed by atoms with E-state index in [0.29, 0.717) is 49.7 Å². The number of para-hydroxylation sites is 1. The molecule has 0 unspecified atom stereocenters. The fourth-order valence-electron chi connectivity index (χ4n) is 4.56. The average molecular weight is 576 g/mol. The molecule has 0 radical (unpaired) electrons. The van der Waals surface area contributed by atoms with Gasteiger partial charge in [0, 0.05) is 26.2 Å². The number of halogens is 4. The van der Waals surface area contributed by atoms with Crippen LogP contribution in [0, 0.1) is 0 Å². The minimum absolute atomic E-state index is 0.0201. The van der Waals surface area contributed by atoms with Crippen molar-refractivity contribution in [1.29, 1.82) is 0 Å². The molecule has 0 spiro atoms. The van der Waals surface area contributed by atoms with Crippen molar-refractivity contribution < 1.29 is 22.7 Å². The minimum atomic E-state index is -4.57. The first-order valence-electron chi connectivity index (χ1n) is 12.5. The van der Waals surface area contributed by atoms with E-state index in [1.54, 1.807) is 28.8 Å². The second kappa shape index (κ2) is 11.2. The van der Waals surface area contributed by atoms with Gasteiger partial charge in [-0.05, 0) is 36.8 Å². The summed E-state index contributed by atoms with van der Waals surface area (Å²) in [6, 6.07) is 11.4. The Morgan fingerprint density at radius 1 is 1.15 bits per heavy atom. The molecule has 1 aliphatic rings. The maximum atomic E-state index is 13.7. The number of amides is 1. The quantitative estimate of drug-likeness (QED) is 0.344. The Labute approximate surface area is 231 Å². The van der Waals surface area contributed by atoms with Gasteiger partial charge in [-0.25, -0.2) is 0 Å². The Morgan fingerprint density at radius 2 is 1.88 bits per heavy atom. The highest BCUT2D eigenvalue weighted by atomic mass is 35.5. The molecule has 1 aliphatic heterocycles. The number of alkyl halides is 3. The molecule has 2 aromatic heterocycles. The van der Waals surface area contributed by atoms with Crippen LogP contribution in [0.15, 0.2) is 53.3 Å². The Balaban J connectivity index is 1.55. The predicted octanol–water partition coefficient (Wildman–Crippen LogP) is 3.97. The molecule has 10 nitrogen and oxygen atoms in total. The fraction of sp³-hybridized carbons (Fsp3) is 0.308. The summed E-state index contributed by atoms with van der Waals surface area (Å²) in [5, 5.41) is 9.84. The SMILES string of the molecule is CCc1c(N2CCNCC2)c(=O)n2nc(Oc3ccccc3)nc2n1CC(=O)Nc1ccc(C(F)(F)F)cc1Cl. The highest BCUT2D eigenvalue weighted by Crippen LogP contribution is 2.34. The van der Waals surface area contributed by atoms with Gasteiger partial charge in [0.2, 0.25) is 11.7 Å². The number of fused-ring (bicyclic) bond motifs is 1. The molecule has 0 atom stereocenters. The molecule has 0 bridgehead atoms. The standard InChI is InChI=1S/C26H25ClF3N7O3/c1-2-20-22(35-12-10-31-11-13-35)23(39)37-25(33-24(34-37)40-17-6-4-3-5-7-17)36(20)15-21(38)32-19-9-8-16(14-18(19)27)26(28,29)30/h3-9,14,31H,2,10-13,15H2,1H3,(H,32,38). The van der Waals surface area contributed by atoms with Gasteiger partial charge in [-0.1, -0.05) is 36.7 Å². The third-order valence-electron chi connectivity index (χ3n) is 6.40. The zero-order chi connectivity index (χ0) is 28.4. The molecule has 1 fully saturated rings. The van der Waals surface area contributed by atoms with Gasteiger partial charge < -0.3 is 24.8 Å². The van der Waals surface area contributed by atoms with Crippen molar-refractivity contribution in [3.8, 4) is 11.8 Å². The smallest absolute Gasteiger partial charge is 0.416 e. The zero-order valence-corrected chi connectivity index (χ0v) is 22.1. The van der Waals surface area contributed by atoms with Crippen LogP contribution in [-0.2, 0) is 23.9 Å². The number of aromatic nitrogens is 4. The maximum Gasteiger partial charge on any atom is 0.416 e. The Bertz CT molecular complexity index is 1600. The van der Waals surface area contributed by atoms with Crippen LogP contribution >= 0.6 is 11.6 Å². The van der Waals surface area contributed by atoms with Crippen LogP contribution in [0.5, 0.6) is 11.8 Å². The number of hydrogen-bond donors (Lipinski definition) is 2. The lowest BCUT2D eigenvalue weighted by atomic mass is 10.2. The second-order valence-electron chi connectivity index (χ2n) is 9.04. The first-order valence-corrected chi connectivity index (χ1v) is 12.9. The number of piperazine rings is 1. The molecule has 40 heavy (non-hydrogen) atoms. The summed E-state index contributed by atoms with van der Waals surface area (Å²) in [6.45, 7) is 4.04. The number of carbonyl (C=O) groups excluding carboxylic acids is 1. The van der Waals surface area contributed by atoms with Crippen LogP contribution in [0.4, 0.5) is 24.5 Å². The fourth-order valence-corrected chi connectivity index (χ4v) is 4.79. The monoisotopic (exact) mass is 575 g/mol. The molecular formula is C26H25ClF3N7O3. The van der Waals surface area contributed by atoms with Crippen molar-refractivity contribution in [2.45, 2.75) is 26.1 Å². The minimum Gasteiger partial charge on any atom is -0.423 e. The van der Waals surface area contributed by atoms with Gasteiger partial charge in [-0.2, -0.15) is 22.7 Å². The van der Waals surface area contributed by atoms with Crippen LogP contribution in [-0.4, -0.2) is 51.3 Å². The Kier molecular flexibility index (Phi) is 7.68.